The number of aliphatic hydroxyl groups is 7. The molecule has 1 aliphatic carbocycles. The van der Waals surface area contributed by atoms with E-state index in [1.54, 1.807) is 0 Å². The van der Waals surface area contributed by atoms with E-state index in [4.69, 9.17) is 41.7 Å². The molecular weight excluding hydrogens is 530 g/mol. The molecule has 39 heavy (non-hydrogen) atoms. The van der Waals surface area contributed by atoms with Crippen LogP contribution in [0.15, 0.2) is 5.11 Å². The number of hydrogen-bond donors (Lipinski definition) is 11. The first-order valence-corrected chi connectivity index (χ1v) is 12.3. The lowest BCUT2D eigenvalue weighted by atomic mass is 9.84. The van der Waals surface area contributed by atoms with E-state index < -0.39 is 111 Å². The van der Waals surface area contributed by atoms with Crippen molar-refractivity contribution in [2.24, 2.45) is 22.3 Å². The normalized spacial score (nSPS) is 46.8. The monoisotopic (exact) mass is 567 g/mol. The van der Waals surface area contributed by atoms with Crippen molar-refractivity contribution in [3.8, 4) is 0 Å². The Bertz CT molecular complexity index is 869. The molecule has 2 heterocycles. The number of azide groups is 1. The SMILES string of the molecule is [N-]=[N+]=NCC(=O)NCC1O[C@H](O[C@@H]2C(N)C[C@@H](N)[C@@H](O[C@H]3OC(CO)[C@@H](O)[C@@H](N)C3O)C2O)[C@@H](O)C(O)[C@@H]1O. The van der Waals surface area contributed by atoms with Crippen LogP contribution in [-0.4, -0.2) is 153 Å². The predicted molar refractivity (Wildman–Crippen MR) is 126 cm³/mol. The zero-order valence-corrected chi connectivity index (χ0v) is 20.7. The average Bonchev–Trinajstić information content (AvgIpc) is 2.91. The number of nitrogens with zero attached hydrogens (tertiary/aromatic N) is 3. The van der Waals surface area contributed by atoms with E-state index in [0.717, 1.165) is 0 Å². The fourth-order valence-electron chi connectivity index (χ4n) is 4.74. The van der Waals surface area contributed by atoms with Gasteiger partial charge >= 0.3 is 0 Å². The maximum absolute atomic E-state index is 11.7. The van der Waals surface area contributed by atoms with Gasteiger partial charge in [0.2, 0.25) is 5.91 Å². The standard InChI is InChI=1S/C20H37N7O12/c21-5-1-6(22)18(16(35)17(5)38-19-13(32)10(23)11(30)8(4-28)37-19)39-20-15(34)14(33)12(31)7(36-20)2-25-9(29)3-26-27-24/h5-8,10-20,28,30-35H,1-4,21-23H2,(H,25,29)/t5-,6?,7?,8?,10-,11-,12-,13?,14?,15+,16?,17-,18-,19-,20-/m1/s1. The van der Waals surface area contributed by atoms with Gasteiger partial charge in [0.15, 0.2) is 12.6 Å². The lowest BCUT2D eigenvalue weighted by molar-refractivity contribution is -0.332. The zero-order valence-electron chi connectivity index (χ0n) is 20.7. The Morgan fingerprint density at radius 1 is 0.872 bits per heavy atom. The summed E-state index contributed by atoms with van der Waals surface area (Å²) in [4.78, 5) is 14.2. The van der Waals surface area contributed by atoms with Gasteiger partial charge in [0.25, 0.3) is 0 Å². The highest BCUT2D eigenvalue weighted by molar-refractivity contribution is 5.78. The van der Waals surface area contributed by atoms with E-state index in [-0.39, 0.29) is 13.0 Å². The van der Waals surface area contributed by atoms with E-state index in [1.165, 1.54) is 0 Å². The van der Waals surface area contributed by atoms with Crippen LogP contribution in [0, 0.1) is 0 Å². The molecule has 19 heteroatoms. The molecule has 0 aromatic heterocycles. The van der Waals surface area contributed by atoms with Crippen LogP contribution >= 0.6 is 0 Å². The third kappa shape index (κ3) is 7.11. The van der Waals surface area contributed by atoms with Crippen molar-refractivity contribution in [2.75, 3.05) is 19.7 Å². The van der Waals surface area contributed by atoms with Crippen LogP contribution < -0.4 is 22.5 Å². The molecule has 1 amide bonds. The second kappa shape index (κ2) is 13.7. The van der Waals surface area contributed by atoms with Crippen molar-refractivity contribution >= 4 is 5.91 Å². The van der Waals surface area contributed by atoms with Gasteiger partial charge in [0.05, 0.1) is 12.6 Å². The third-order valence-electron chi connectivity index (χ3n) is 7.03. The minimum Gasteiger partial charge on any atom is -0.394 e. The summed E-state index contributed by atoms with van der Waals surface area (Å²) in [5.41, 5.74) is 26.4. The summed E-state index contributed by atoms with van der Waals surface area (Å²) in [6, 6.07) is -3.07. The summed E-state index contributed by atoms with van der Waals surface area (Å²) in [6.45, 7) is -1.50. The van der Waals surface area contributed by atoms with Gasteiger partial charge in [-0.1, -0.05) is 5.11 Å². The van der Waals surface area contributed by atoms with Crippen molar-refractivity contribution in [1.82, 2.24) is 5.32 Å². The summed E-state index contributed by atoms with van der Waals surface area (Å²) < 4.78 is 22.4. The van der Waals surface area contributed by atoms with Crippen LogP contribution in [0.1, 0.15) is 6.42 Å². The topological polar surface area (TPSA) is 334 Å². The van der Waals surface area contributed by atoms with E-state index in [2.05, 4.69) is 15.3 Å². The number of carbonyl (C=O) groups is 1. The first kappa shape index (κ1) is 31.7. The number of rotatable bonds is 9. The maximum Gasteiger partial charge on any atom is 0.225 e. The molecular formula is C20H37N7O12. The van der Waals surface area contributed by atoms with Gasteiger partial charge in [-0.25, -0.2) is 0 Å². The molecule has 0 spiro atoms. The smallest absolute Gasteiger partial charge is 0.225 e. The Morgan fingerprint density at radius 3 is 2.00 bits per heavy atom. The van der Waals surface area contributed by atoms with Gasteiger partial charge in [0.1, 0.15) is 67.6 Å². The zero-order chi connectivity index (χ0) is 29.0. The largest absolute Gasteiger partial charge is 0.394 e. The summed E-state index contributed by atoms with van der Waals surface area (Å²) >= 11 is 0. The van der Waals surface area contributed by atoms with Crippen LogP contribution in [0.4, 0.5) is 0 Å². The molecule has 15 atom stereocenters. The highest BCUT2D eigenvalue weighted by Gasteiger charge is 2.51. The number of ether oxygens (including phenoxy) is 4. The predicted octanol–water partition coefficient (Wildman–Crippen LogP) is -6.82. The number of amides is 1. The molecule has 6 unspecified atom stereocenters. The molecule has 3 aliphatic rings. The molecule has 0 aromatic rings. The number of nitrogens with one attached hydrogen (secondary N) is 1. The fraction of sp³-hybridized carbons (Fsp3) is 0.950. The molecule has 2 aliphatic heterocycles. The van der Waals surface area contributed by atoms with E-state index in [1.807, 2.05) is 0 Å². The minimum absolute atomic E-state index is 0.0141. The van der Waals surface area contributed by atoms with Crippen LogP contribution in [0.2, 0.25) is 0 Å². The molecule has 3 rings (SSSR count). The Labute approximate surface area is 222 Å². The second-order valence-electron chi connectivity index (χ2n) is 9.75. The second-order valence-corrected chi connectivity index (χ2v) is 9.75. The number of carbonyl (C=O) groups excluding carboxylic acids is 1. The van der Waals surface area contributed by atoms with Gasteiger partial charge < -0.3 is 77.2 Å². The van der Waals surface area contributed by atoms with Crippen molar-refractivity contribution in [2.45, 2.75) is 98.2 Å². The van der Waals surface area contributed by atoms with Gasteiger partial charge in [-0.2, -0.15) is 0 Å². The lowest BCUT2D eigenvalue weighted by Gasteiger charge is -2.48. The Morgan fingerprint density at radius 2 is 1.44 bits per heavy atom. The summed E-state index contributed by atoms with van der Waals surface area (Å²) in [5.74, 6) is -0.692. The summed E-state index contributed by atoms with van der Waals surface area (Å²) in [5, 5.41) is 77.4. The Hall–Kier alpha value is -1.78. The summed E-state index contributed by atoms with van der Waals surface area (Å²) in [6.07, 6.45) is -17.9. The fourth-order valence-corrected chi connectivity index (χ4v) is 4.74. The number of aliphatic hydroxyl groups excluding tert-OH is 7. The average molecular weight is 568 g/mol. The van der Waals surface area contributed by atoms with Crippen molar-refractivity contribution < 1.29 is 59.5 Å². The molecule has 3 fully saturated rings. The summed E-state index contributed by atoms with van der Waals surface area (Å²) in [7, 11) is 0. The van der Waals surface area contributed by atoms with Crippen LogP contribution in [-0.2, 0) is 23.7 Å². The van der Waals surface area contributed by atoms with Gasteiger partial charge in [0, 0.05) is 23.5 Å². The van der Waals surface area contributed by atoms with Gasteiger partial charge in [-0.3, -0.25) is 4.79 Å². The van der Waals surface area contributed by atoms with E-state index in [0.29, 0.717) is 0 Å². The number of hydrogen-bond acceptors (Lipinski definition) is 16. The first-order valence-electron chi connectivity index (χ1n) is 12.3. The maximum atomic E-state index is 11.7. The molecule has 0 bridgehead atoms. The van der Waals surface area contributed by atoms with Crippen molar-refractivity contribution in [3.05, 3.63) is 10.4 Å². The quantitative estimate of drug-likeness (QED) is 0.0700. The highest BCUT2D eigenvalue weighted by atomic mass is 16.7. The molecule has 14 N–H and O–H groups in total. The molecule has 0 aromatic carbocycles. The Balaban J connectivity index is 1.69. The minimum atomic E-state index is -1.79. The van der Waals surface area contributed by atoms with Crippen LogP contribution in [0.5, 0.6) is 0 Å². The first-order chi connectivity index (χ1) is 18.4. The molecule has 0 radical (unpaired) electrons. The highest BCUT2D eigenvalue weighted by Crippen LogP contribution is 2.31. The molecule has 2 saturated heterocycles. The molecule has 224 valence electrons. The van der Waals surface area contributed by atoms with Gasteiger partial charge in [-0.05, 0) is 12.0 Å². The number of nitrogens with two attached hydrogens (primary N) is 3. The van der Waals surface area contributed by atoms with Crippen LogP contribution in [0.3, 0.4) is 0 Å². The van der Waals surface area contributed by atoms with Gasteiger partial charge in [-0.15, -0.1) is 0 Å². The van der Waals surface area contributed by atoms with Crippen LogP contribution in [0.25, 0.3) is 10.4 Å². The van der Waals surface area contributed by atoms with Crippen molar-refractivity contribution in [1.29, 1.82) is 0 Å². The molecule has 1 saturated carbocycles. The lowest BCUT2D eigenvalue weighted by Crippen LogP contribution is -2.68. The Kier molecular flexibility index (Phi) is 11.2. The van der Waals surface area contributed by atoms with Crippen molar-refractivity contribution in [3.63, 3.8) is 0 Å². The molecule has 19 nitrogen and oxygen atoms in total. The van der Waals surface area contributed by atoms with E-state index >= 15 is 0 Å². The third-order valence-corrected chi connectivity index (χ3v) is 7.03. The van der Waals surface area contributed by atoms with E-state index in [9.17, 15) is 40.5 Å².